The number of hydrogen-bond donors (Lipinski definition) is 0. The Morgan fingerprint density at radius 3 is 1.00 bits per heavy atom. The number of hydrogen-bond acceptors (Lipinski definition) is 0. The minimum absolute atomic E-state index is 0. The molecule has 0 aromatic rings. The van der Waals surface area contributed by atoms with Crippen LogP contribution in [-0.4, -0.2) is 28.3 Å². The zero-order valence-electron chi connectivity index (χ0n) is 1.99. The maximum Gasteiger partial charge on any atom is 0 e. The van der Waals surface area contributed by atoms with Gasteiger partial charge in [0.05, 0.1) is 0 Å². The predicted octanol–water partition coefficient (Wildman–Crippen LogP) is -0.799. The quantitative estimate of drug-likeness (QED) is 0.343. The molecule has 0 N–H and O–H groups in total. The third-order valence-corrected chi connectivity index (χ3v) is 0. The van der Waals surface area contributed by atoms with Gasteiger partial charge in [-0.1, -0.05) is 0 Å². The second-order valence-corrected chi connectivity index (χ2v) is 0. The summed E-state index contributed by atoms with van der Waals surface area (Å²) in [6.45, 7) is 0. The first-order valence-corrected chi connectivity index (χ1v) is 0. The largest absolute Gasteiger partial charge is 0 e. The fourth-order valence-corrected chi connectivity index (χ4v) is 0. The zero-order valence-corrected chi connectivity index (χ0v) is 4.14. The van der Waals surface area contributed by atoms with E-state index in [-0.39, 0.29) is 41.2 Å². The molecule has 0 aromatic heterocycles. The summed E-state index contributed by atoms with van der Waals surface area (Å²) in [5, 5.41) is 0. The lowest BCUT2D eigenvalue weighted by Crippen LogP contribution is -0.382. The van der Waals surface area contributed by atoms with Gasteiger partial charge in [-0.2, -0.15) is 0 Å². The second kappa shape index (κ2) is 54.1. The standard InChI is InChI=1S/C.Al.O.Si. The van der Waals surface area contributed by atoms with Gasteiger partial charge in [0.2, 0.25) is 0 Å². The average molecular weight is 83.1 g/mol. The third kappa shape index (κ3) is 15.7. The van der Waals surface area contributed by atoms with Gasteiger partial charge in [0.1, 0.15) is 0 Å². The van der Waals surface area contributed by atoms with Crippen molar-refractivity contribution in [2.75, 3.05) is 0 Å². The molecule has 0 saturated heterocycles. The summed E-state index contributed by atoms with van der Waals surface area (Å²) in [5.41, 5.74) is 0. The Morgan fingerprint density at radius 1 is 1.00 bits per heavy atom. The first-order valence-electron chi connectivity index (χ1n) is 0. The third-order valence-electron chi connectivity index (χ3n) is 0. The molecule has 0 aliphatic heterocycles. The van der Waals surface area contributed by atoms with Crippen LogP contribution in [0.3, 0.4) is 0 Å². The van der Waals surface area contributed by atoms with Crippen LogP contribution < -0.4 is 0 Å². The van der Waals surface area contributed by atoms with Gasteiger partial charge in [-0.15, -0.1) is 0 Å². The van der Waals surface area contributed by atoms with Crippen molar-refractivity contribution in [2.45, 2.75) is 0 Å². The normalized spacial score (nSPS) is 0. The molecule has 17 valence electrons. The summed E-state index contributed by atoms with van der Waals surface area (Å²) >= 11 is 0. The summed E-state index contributed by atoms with van der Waals surface area (Å²) in [6.07, 6.45) is 0. The smallest absolute Gasteiger partial charge is 0 e. The van der Waals surface area contributed by atoms with Crippen LogP contribution in [0, 0.1) is 7.43 Å². The molecule has 0 amide bonds. The van der Waals surface area contributed by atoms with Gasteiger partial charge in [0.15, 0.2) is 0 Å². The van der Waals surface area contributed by atoms with E-state index in [4.69, 9.17) is 0 Å². The summed E-state index contributed by atoms with van der Waals surface area (Å²) in [7, 11) is 0. The van der Waals surface area contributed by atoms with Gasteiger partial charge < -0.3 is 0 Å². The van der Waals surface area contributed by atoms with Crippen LogP contribution in [-0.2, 0) is 5.48 Å². The maximum atomic E-state index is 0. The van der Waals surface area contributed by atoms with Gasteiger partial charge in [0.25, 0.3) is 0 Å². The lowest BCUT2D eigenvalue weighted by Gasteiger charge is -0.00100. The first kappa shape index (κ1) is 129. The minimum atomic E-state index is 0. The van der Waals surface area contributed by atoms with Crippen LogP contribution in [0.2, 0.25) is 0 Å². The van der Waals surface area contributed by atoms with E-state index in [9.17, 15) is 0 Å². The van der Waals surface area contributed by atoms with Crippen molar-refractivity contribution in [1.29, 1.82) is 0 Å². The topological polar surface area (TPSA) is 28.5 Å². The summed E-state index contributed by atoms with van der Waals surface area (Å²) in [4.78, 5) is 0. The van der Waals surface area contributed by atoms with Crippen molar-refractivity contribution in [1.82, 2.24) is 0 Å². The molecular formula is CAlOSi. The Hall–Kier alpha value is 0.709. The second-order valence-electron chi connectivity index (χ2n) is 0. The van der Waals surface area contributed by atoms with E-state index in [1.54, 1.807) is 0 Å². The molecule has 0 atom stereocenters. The van der Waals surface area contributed by atoms with Crippen molar-refractivity contribution in [3.63, 3.8) is 0 Å². The van der Waals surface area contributed by atoms with Crippen LogP contribution >= 0.6 is 0 Å². The Kier molecular flexibility index (Phi) is 1740. The molecule has 13 radical (unpaired) electrons. The molecule has 0 heterocycles. The molecule has 0 aliphatic carbocycles. The Morgan fingerprint density at radius 2 is 1.00 bits per heavy atom. The van der Waals surface area contributed by atoms with Crippen LogP contribution in [0.4, 0.5) is 0 Å². The molecular weight excluding hydrogens is 83.1 g/mol. The molecule has 0 saturated carbocycles. The molecule has 0 aromatic carbocycles. The molecule has 0 rings (SSSR count). The van der Waals surface area contributed by atoms with Gasteiger partial charge in [0, 0.05) is 41.2 Å². The molecule has 0 unspecified atom stereocenters. The lowest BCUT2D eigenvalue weighted by atomic mass is 12.0. The number of rotatable bonds is 0. The molecule has 0 fully saturated rings. The fraction of sp³-hybridized carbons (Fsp3) is 0. The highest BCUT2D eigenvalue weighted by Gasteiger charge is 0.00300. The van der Waals surface area contributed by atoms with E-state index in [1.807, 2.05) is 0 Å². The van der Waals surface area contributed by atoms with Gasteiger partial charge in [-0.05, 0) is 0 Å². The predicted molar refractivity (Wildman–Crippen MR) is 15.4 cm³/mol. The van der Waals surface area contributed by atoms with E-state index in [0.717, 1.165) is 0 Å². The summed E-state index contributed by atoms with van der Waals surface area (Å²) in [6, 6.07) is 0. The fourth-order valence-electron chi connectivity index (χ4n) is 0. The Labute approximate surface area is 41.9 Å². The molecule has 4 heavy (non-hydrogen) atoms. The highest BCUT2D eigenvalue weighted by molar-refractivity contribution is 5.76. The van der Waals surface area contributed by atoms with Crippen LogP contribution in [0.25, 0.3) is 0 Å². The maximum absolute atomic E-state index is 0. The molecule has 0 aliphatic rings. The SMILES string of the molecule is [Al].[C].[O].[Si]. The van der Waals surface area contributed by atoms with Gasteiger partial charge in [-0.3, -0.25) is 0 Å². The highest BCUT2D eigenvalue weighted by Crippen LogP contribution is 0.0813. The average Bonchev–Trinajstić information content (AvgIpc) is 0. The Bertz CT molecular complexity index is 8.00. The van der Waals surface area contributed by atoms with Gasteiger partial charge >= 0.3 is 0 Å². The van der Waals surface area contributed by atoms with E-state index in [2.05, 4.69) is 0 Å². The van der Waals surface area contributed by atoms with Crippen LogP contribution in [0.5, 0.6) is 0 Å². The zero-order chi connectivity index (χ0) is 0. The van der Waals surface area contributed by atoms with E-state index >= 15 is 0 Å². The molecule has 1 nitrogen and oxygen atoms in total. The van der Waals surface area contributed by atoms with Crippen molar-refractivity contribution in [3.8, 4) is 0 Å². The van der Waals surface area contributed by atoms with E-state index < -0.39 is 0 Å². The van der Waals surface area contributed by atoms with E-state index in [1.165, 1.54) is 0 Å². The van der Waals surface area contributed by atoms with Gasteiger partial charge in [-0.25, -0.2) is 0 Å². The van der Waals surface area contributed by atoms with Crippen LogP contribution in [0.1, 0.15) is 0 Å². The summed E-state index contributed by atoms with van der Waals surface area (Å²) < 4.78 is 0. The van der Waals surface area contributed by atoms with Crippen molar-refractivity contribution in [3.05, 3.63) is 7.43 Å². The van der Waals surface area contributed by atoms with Crippen molar-refractivity contribution < 1.29 is 5.48 Å². The summed E-state index contributed by atoms with van der Waals surface area (Å²) in [5.74, 6) is 0. The monoisotopic (exact) mass is 83.0 g/mol. The lowest BCUT2D eigenvalue weighted by molar-refractivity contribution is 0.686. The van der Waals surface area contributed by atoms with E-state index in [0.29, 0.717) is 0 Å². The van der Waals surface area contributed by atoms with Crippen LogP contribution in [0.15, 0.2) is 0 Å². The highest BCUT2D eigenvalue weighted by atomic mass is 28.1. The molecule has 0 spiro atoms. The Balaban J connectivity index is 0. The van der Waals surface area contributed by atoms with Crippen molar-refractivity contribution in [2.24, 2.45) is 0 Å². The molecule has 0 bridgehead atoms. The molecule has 3 heteroatoms. The van der Waals surface area contributed by atoms with Crippen molar-refractivity contribution >= 4 is 28.3 Å². The first-order chi connectivity index (χ1) is 0. The minimum Gasteiger partial charge on any atom is 0 e.